The molecule has 0 radical (unpaired) electrons. The van der Waals surface area contributed by atoms with Crippen molar-refractivity contribution in [2.24, 2.45) is 0 Å². The van der Waals surface area contributed by atoms with Gasteiger partial charge < -0.3 is 25.0 Å². The average molecular weight is 494 g/mol. The van der Waals surface area contributed by atoms with E-state index >= 15 is 0 Å². The number of anilines is 1. The SMILES string of the molecule is CC[C@@]1(O)C(=O)OCc2c1cc1n(c2=O)Cc2c-1nc1cc(F)c(N)cc1c2CN1CCN(C)CC1. The second kappa shape index (κ2) is 8.09. The van der Waals surface area contributed by atoms with Crippen molar-refractivity contribution < 1.29 is 19.0 Å². The van der Waals surface area contributed by atoms with Crippen LogP contribution in [0.3, 0.4) is 0 Å². The molecule has 0 amide bonds. The number of nitrogens with zero attached hydrogens (tertiary/aromatic N) is 4. The first-order valence-electron chi connectivity index (χ1n) is 12.2. The predicted molar refractivity (Wildman–Crippen MR) is 132 cm³/mol. The topological polar surface area (TPSA) is 114 Å². The molecule has 6 rings (SSSR count). The molecule has 36 heavy (non-hydrogen) atoms. The van der Waals surface area contributed by atoms with Gasteiger partial charge in [-0.05, 0) is 31.2 Å². The molecule has 0 bridgehead atoms. The number of pyridine rings is 2. The van der Waals surface area contributed by atoms with Crippen LogP contribution in [0.4, 0.5) is 10.1 Å². The maximum Gasteiger partial charge on any atom is 0.343 e. The van der Waals surface area contributed by atoms with Crippen molar-refractivity contribution in [3.63, 3.8) is 0 Å². The van der Waals surface area contributed by atoms with Gasteiger partial charge in [0, 0.05) is 55.3 Å². The molecule has 10 heteroatoms. The number of rotatable bonds is 3. The molecule has 0 aliphatic carbocycles. The Morgan fingerprint density at radius 1 is 1.17 bits per heavy atom. The number of ether oxygens (including phenoxy) is 1. The molecular formula is C26H28FN5O4. The summed E-state index contributed by atoms with van der Waals surface area (Å²) >= 11 is 0. The summed E-state index contributed by atoms with van der Waals surface area (Å²) in [7, 11) is 2.09. The van der Waals surface area contributed by atoms with Crippen LogP contribution in [0.5, 0.6) is 0 Å². The summed E-state index contributed by atoms with van der Waals surface area (Å²) in [6.07, 6.45) is 0.0683. The number of benzene rings is 1. The van der Waals surface area contributed by atoms with Crippen LogP contribution in [0, 0.1) is 5.82 Å². The number of aliphatic hydroxyl groups is 1. The van der Waals surface area contributed by atoms with Crippen molar-refractivity contribution in [3.05, 3.63) is 56.6 Å². The Bertz CT molecular complexity index is 1490. The number of fused-ring (bicyclic) bond motifs is 5. The Labute approximate surface area is 206 Å². The third-order valence-electron chi connectivity index (χ3n) is 7.90. The number of hydrogen-bond donors (Lipinski definition) is 2. The molecule has 0 saturated carbocycles. The van der Waals surface area contributed by atoms with E-state index in [4.69, 9.17) is 15.5 Å². The quantitative estimate of drug-likeness (QED) is 0.327. The number of halogens is 1. The number of hydrogen-bond acceptors (Lipinski definition) is 8. The van der Waals surface area contributed by atoms with Crippen molar-refractivity contribution in [3.8, 4) is 11.4 Å². The van der Waals surface area contributed by atoms with Crippen LogP contribution >= 0.6 is 0 Å². The standard InChI is InChI=1S/C26H28FN5O4/c1-3-26(35)18-9-22-23-16(12-32(22)24(33)17(18)13-36-25(26)34)15(11-31-6-4-30(2)5-7-31)14-8-20(28)19(27)10-21(14)29-23/h8-10,35H,3-7,11-13,28H2,1-2H3/t26-/m0/s1. The second-order valence-electron chi connectivity index (χ2n) is 9.99. The molecule has 3 aliphatic rings. The van der Waals surface area contributed by atoms with Crippen LogP contribution in [-0.2, 0) is 34.8 Å². The highest BCUT2D eigenvalue weighted by Gasteiger charge is 2.45. The lowest BCUT2D eigenvalue weighted by Gasteiger charge is -2.33. The van der Waals surface area contributed by atoms with Crippen LogP contribution in [-0.4, -0.2) is 63.7 Å². The van der Waals surface area contributed by atoms with Gasteiger partial charge >= 0.3 is 5.97 Å². The zero-order valence-electron chi connectivity index (χ0n) is 20.3. The van der Waals surface area contributed by atoms with Gasteiger partial charge in [-0.2, -0.15) is 0 Å². The van der Waals surface area contributed by atoms with Gasteiger partial charge in [0.2, 0.25) is 0 Å². The van der Waals surface area contributed by atoms with Crippen molar-refractivity contribution >= 4 is 22.6 Å². The average Bonchev–Trinajstić information content (AvgIpc) is 3.23. The Kier molecular flexibility index (Phi) is 5.19. The molecule has 2 aromatic heterocycles. The predicted octanol–water partition coefficient (Wildman–Crippen LogP) is 1.55. The summed E-state index contributed by atoms with van der Waals surface area (Å²) in [6.45, 7) is 6.04. The van der Waals surface area contributed by atoms with E-state index in [-0.39, 0.29) is 35.4 Å². The van der Waals surface area contributed by atoms with Crippen molar-refractivity contribution in [1.29, 1.82) is 0 Å². The monoisotopic (exact) mass is 493 g/mol. The highest BCUT2D eigenvalue weighted by Crippen LogP contribution is 2.41. The Morgan fingerprint density at radius 2 is 1.92 bits per heavy atom. The van der Waals surface area contributed by atoms with Gasteiger partial charge in [-0.25, -0.2) is 14.2 Å². The molecule has 0 spiro atoms. The van der Waals surface area contributed by atoms with Crippen molar-refractivity contribution in [1.82, 2.24) is 19.4 Å². The van der Waals surface area contributed by atoms with Gasteiger partial charge in [-0.3, -0.25) is 9.69 Å². The van der Waals surface area contributed by atoms with E-state index < -0.39 is 17.4 Å². The molecule has 1 atom stereocenters. The van der Waals surface area contributed by atoms with Crippen molar-refractivity contribution in [2.75, 3.05) is 39.0 Å². The Balaban J connectivity index is 1.57. The van der Waals surface area contributed by atoms with E-state index in [0.717, 1.165) is 42.7 Å². The maximum absolute atomic E-state index is 14.5. The Hall–Kier alpha value is -3.34. The highest BCUT2D eigenvalue weighted by atomic mass is 19.1. The molecule has 5 heterocycles. The van der Waals surface area contributed by atoms with Crippen LogP contribution < -0.4 is 11.3 Å². The first-order valence-corrected chi connectivity index (χ1v) is 12.2. The lowest BCUT2D eigenvalue weighted by atomic mass is 9.86. The van der Waals surface area contributed by atoms with E-state index in [1.807, 2.05) is 0 Å². The summed E-state index contributed by atoms with van der Waals surface area (Å²) in [4.78, 5) is 35.4. The van der Waals surface area contributed by atoms with E-state index in [9.17, 15) is 19.1 Å². The fourth-order valence-corrected chi connectivity index (χ4v) is 5.61. The van der Waals surface area contributed by atoms with Crippen LogP contribution in [0.1, 0.15) is 35.6 Å². The summed E-state index contributed by atoms with van der Waals surface area (Å²) in [5.41, 5.74) is 7.68. The van der Waals surface area contributed by atoms with Gasteiger partial charge in [-0.1, -0.05) is 6.92 Å². The fourth-order valence-electron chi connectivity index (χ4n) is 5.61. The summed E-state index contributed by atoms with van der Waals surface area (Å²) in [5, 5.41) is 11.9. The van der Waals surface area contributed by atoms with Crippen molar-refractivity contribution in [2.45, 2.75) is 38.6 Å². The third kappa shape index (κ3) is 3.28. The second-order valence-corrected chi connectivity index (χ2v) is 9.99. The minimum absolute atomic E-state index is 0.0516. The normalized spacial score (nSPS) is 21.8. The molecule has 1 fully saturated rings. The number of cyclic esters (lactones) is 1. The zero-order valence-corrected chi connectivity index (χ0v) is 20.3. The number of carbonyl (C=O) groups excluding carboxylic acids is 1. The molecule has 9 nitrogen and oxygen atoms in total. The maximum atomic E-state index is 14.5. The van der Waals surface area contributed by atoms with E-state index in [1.165, 1.54) is 6.07 Å². The molecule has 1 saturated heterocycles. The first kappa shape index (κ1) is 23.1. The molecule has 0 unspecified atom stereocenters. The smallest absolute Gasteiger partial charge is 0.343 e. The van der Waals surface area contributed by atoms with Gasteiger partial charge in [0.15, 0.2) is 5.60 Å². The number of nitrogen functional groups attached to an aromatic ring is 1. The number of nitrogens with two attached hydrogens (primary N) is 1. The van der Waals surface area contributed by atoms with E-state index in [1.54, 1.807) is 23.6 Å². The minimum atomic E-state index is -1.90. The fraction of sp³-hybridized carbons (Fsp3) is 0.423. The van der Waals surface area contributed by atoms with Gasteiger partial charge in [-0.15, -0.1) is 0 Å². The zero-order chi connectivity index (χ0) is 25.4. The molecular weight excluding hydrogens is 465 g/mol. The first-order chi connectivity index (χ1) is 17.2. The summed E-state index contributed by atoms with van der Waals surface area (Å²) < 4.78 is 21.3. The van der Waals surface area contributed by atoms with Gasteiger partial charge in [0.05, 0.1) is 34.7 Å². The number of aromatic nitrogens is 2. The number of esters is 1. The minimum Gasteiger partial charge on any atom is -0.458 e. The molecule has 3 aromatic rings. The summed E-state index contributed by atoms with van der Waals surface area (Å²) in [6, 6.07) is 4.64. The largest absolute Gasteiger partial charge is 0.458 e. The van der Waals surface area contributed by atoms with Crippen LogP contribution in [0.25, 0.3) is 22.3 Å². The van der Waals surface area contributed by atoms with Gasteiger partial charge in [0.1, 0.15) is 12.4 Å². The number of piperazine rings is 1. The Morgan fingerprint density at radius 3 is 2.64 bits per heavy atom. The third-order valence-corrected chi connectivity index (χ3v) is 7.90. The molecule has 3 aliphatic heterocycles. The number of carbonyl (C=O) groups is 1. The highest BCUT2D eigenvalue weighted by molar-refractivity contribution is 5.91. The lowest BCUT2D eigenvalue weighted by molar-refractivity contribution is -0.172. The van der Waals surface area contributed by atoms with E-state index in [2.05, 4.69) is 16.8 Å². The van der Waals surface area contributed by atoms with Crippen LogP contribution in [0.2, 0.25) is 0 Å². The lowest BCUT2D eigenvalue weighted by Crippen LogP contribution is -2.44. The summed E-state index contributed by atoms with van der Waals surface area (Å²) in [5.74, 6) is -1.32. The molecule has 3 N–H and O–H groups in total. The van der Waals surface area contributed by atoms with Crippen LogP contribution in [0.15, 0.2) is 23.0 Å². The molecule has 1 aromatic carbocycles. The number of likely N-dealkylation sites (N-methyl/N-ethyl adjacent to an activating group) is 1. The molecule has 188 valence electrons. The van der Waals surface area contributed by atoms with Gasteiger partial charge in [0.25, 0.3) is 5.56 Å². The van der Waals surface area contributed by atoms with E-state index in [0.29, 0.717) is 30.0 Å².